The van der Waals surface area contributed by atoms with Gasteiger partial charge in [-0.1, -0.05) is 23.7 Å². The van der Waals surface area contributed by atoms with Crippen LogP contribution >= 0.6 is 11.6 Å². The number of carbonyl (C=O) groups is 2. The number of nitrogens with zero attached hydrogens (tertiary/aromatic N) is 3. The minimum atomic E-state index is -0.901. The van der Waals surface area contributed by atoms with Crippen molar-refractivity contribution in [3.63, 3.8) is 0 Å². The first-order valence-corrected chi connectivity index (χ1v) is 12.5. The fraction of sp³-hybridized carbons (Fsp3) is 0.370. The van der Waals surface area contributed by atoms with Gasteiger partial charge in [0.1, 0.15) is 24.1 Å². The molecule has 9 nitrogen and oxygen atoms in total. The predicted octanol–water partition coefficient (Wildman–Crippen LogP) is 4.04. The zero-order valence-electron chi connectivity index (χ0n) is 21.1. The van der Waals surface area contributed by atoms with Crippen molar-refractivity contribution in [1.82, 2.24) is 15.1 Å². The molecule has 1 aromatic heterocycles. The summed E-state index contributed by atoms with van der Waals surface area (Å²) in [5.74, 6) is 0.779. The Kier molecular flexibility index (Phi) is 8.04. The topological polar surface area (TPSA) is 106 Å². The third-order valence-electron chi connectivity index (χ3n) is 5.97. The Morgan fingerprint density at radius 3 is 2.84 bits per heavy atom. The Labute approximate surface area is 220 Å². The maximum Gasteiger partial charge on any atom is 0.342 e. The molecule has 2 aromatic carbocycles. The highest BCUT2D eigenvalue weighted by atomic mass is 35.5. The van der Waals surface area contributed by atoms with Gasteiger partial charge < -0.3 is 24.8 Å². The van der Waals surface area contributed by atoms with Crippen molar-refractivity contribution in [2.24, 2.45) is 0 Å². The van der Waals surface area contributed by atoms with E-state index in [0.29, 0.717) is 48.1 Å². The largest absolute Gasteiger partial charge is 0.494 e. The Morgan fingerprint density at radius 1 is 1.27 bits per heavy atom. The summed E-state index contributed by atoms with van der Waals surface area (Å²) in [4.78, 5) is 27.5. The number of likely N-dealkylation sites (N-methyl/N-ethyl adjacent to an activating group) is 1. The monoisotopic (exact) mass is 526 g/mol. The number of halogens is 1. The molecular weight excluding hydrogens is 496 g/mol. The molecule has 0 aliphatic carbocycles. The van der Waals surface area contributed by atoms with E-state index in [9.17, 15) is 14.7 Å². The smallest absolute Gasteiger partial charge is 0.342 e. The molecule has 0 spiro atoms. The second-order valence-corrected chi connectivity index (χ2v) is 10.1. The quantitative estimate of drug-likeness (QED) is 0.429. The van der Waals surface area contributed by atoms with Crippen LogP contribution in [0.4, 0.5) is 10.5 Å². The summed E-state index contributed by atoms with van der Waals surface area (Å²) in [5.41, 5.74) is 1.63. The van der Waals surface area contributed by atoms with Crippen molar-refractivity contribution < 1.29 is 24.2 Å². The minimum Gasteiger partial charge on any atom is -0.494 e. The highest BCUT2D eigenvalue weighted by molar-refractivity contribution is 6.30. The van der Waals surface area contributed by atoms with Crippen molar-refractivity contribution in [1.29, 1.82) is 0 Å². The number of hydrogen-bond acceptors (Lipinski definition) is 6. The fourth-order valence-electron chi connectivity index (χ4n) is 4.03. The molecule has 196 valence electrons. The Balaban J connectivity index is 1.37. The van der Waals surface area contributed by atoms with Crippen LogP contribution in [0.25, 0.3) is 0 Å². The number of anilines is 1. The molecule has 2 N–H and O–H groups in total. The second kappa shape index (κ2) is 11.2. The molecular formula is C27H31ClN4O5. The Hall–Kier alpha value is -3.56. The molecule has 0 unspecified atom stereocenters. The number of nitrogens with one attached hydrogen (secondary N) is 1. The van der Waals surface area contributed by atoms with Crippen LogP contribution in [-0.4, -0.2) is 58.7 Å². The molecule has 1 atom stereocenters. The molecule has 0 fully saturated rings. The van der Waals surface area contributed by atoms with Crippen LogP contribution in [0.15, 0.2) is 54.9 Å². The van der Waals surface area contributed by atoms with Gasteiger partial charge in [-0.05, 0) is 62.1 Å². The molecule has 0 saturated heterocycles. The number of amides is 2. The summed E-state index contributed by atoms with van der Waals surface area (Å²) in [6.45, 7) is 3.93. The highest BCUT2D eigenvalue weighted by Crippen LogP contribution is 2.34. The van der Waals surface area contributed by atoms with Crippen LogP contribution in [0, 0.1) is 0 Å². The first kappa shape index (κ1) is 26.5. The number of aliphatic hydroxyl groups is 1. The molecule has 10 heteroatoms. The van der Waals surface area contributed by atoms with Crippen molar-refractivity contribution in [3.05, 3.63) is 71.0 Å². The molecule has 2 amide bonds. The Morgan fingerprint density at radius 2 is 2.08 bits per heavy atom. The van der Waals surface area contributed by atoms with Gasteiger partial charge in [0.05, 0.1) is 24.1 Å². The first-order chi connectivity index (χ1) is 17.6. The number of rotatable bonds is 8. The normalized spacial score (nSPS) is 15.5. The predicted molar refractivity (Wildman–Crippen MR) is 141 cm³/mol. The molecule has 2 heterocycles. The van der Waals surface area contributed by atoms with E-state index < -0.39 is 17.7 Å². The van der Waals surface area contributed by atoms with Gasteiger partial charge in [-0.3, -0.25) is 4.79 Å². The van der Waals surface area contributed by atoms with E-state index in [1.54, 1.807) is 57.6 Å². The van der Waals surface area contributed by atoms with Crippen molar-refractivity contribution >= 4 is 29.2 Å². The summed E-state index contributed by atoms with van der Waals surface area (Å²) in [5, 5.41) is 17.3. The molecule has 1 aliphatic heterocycles. The molecule has 4 rings (SSSR count). The van der Waals surface area contributed by atoms with Crippen LogP contribution in [0.1, 0.15) is 37.8 Å². The summed E-state index contributed by atoms with van der Waals surface area (Å²) in [6.07, 6.45) is 5.10. The summed E-state index contributed by atoms with van der Waals surface area (Å²) in [6, 6.07) is 11.3. The van der Waals surface area contributed by atoms with Gasteiger partial charge >= 0.3 is 6.03 Å². The van der Waals surface area contributed by atoms with E-state index in [0.717, 1.165) is 11.1 Å². The van der Waals surface area contributed by atoms with Crippen LogP contribution in [-0.2, 0) is 11.2 Å². The molecule has 3 aromatic rings. The summed E-state index contributed by atoms with van der Waals surface area (Å²) < 4.78 is 12.8. The second-order valence-electron chi connectivity index (χ2n) is 9.70. The van der Waals surface area contributed by atoms with Gasteiger partial charge in [-0.25, -0.2) is 4.79 Å². The minimum absolute atomic E-state index is 0.0235. The van der Waals surface area contributed by atoms with Gasteiger partial charge in [0, 0.05) is 30.8 Å². The Bertz CT molecular complexity index is 1270. The van der Waals surface area contributed by atoms with E-state index in [1.165, 1.54) is 9.58 Å². The number of hydrogen-bond donors (Lipinski definition) is 2. The van der Waals surface area contributed by atoms with Gasteiger partial charge in [-0.2, -0.15) is 9.78 Å². The number of fused-ring (bicyclic) bond motifs is 1. The number of carbonyl (C=O) groups excluding carboxylic acids is 2. The first-order valence-electron chi connectivity index (χ1n) is 12.1. The lowest BCUT2D eigenvalue weighted by atomic mass is 10.0. The van der Waals surface area contributed by atoms with E-state index in [4.69, 9.17) is 21.1 Å². The lowest BCUT2D eigenvalue weighted by molar-refractivity contribution is -0.120. The standard InChI is InChI=1S/C27H31ClN4O5/c1-27(2,35)10-5-11-36-21-8-9-24-23(14-21)31(3)25(33)22(17-37-24)30-26(34)32-16-19(15-29-32)12-18-6-4-7-20(28)13-18/h4,6-9,13-16,22,35H,5,10-12,17H2,1-3H3,(H,30,34)/t22-/m0/s1. The maximum atomic E-state index is 13.2. The van der Waals surface area contributed by atoms with E-state index in [1.807, 2.05) is 18.2 Å². The summed E-state index contributed by atoms with van der Waals surface area (Å²) in [7, 11) is 1.63. The fourth-order valence-corrected chi connectivity index (χ4v) is 4.24. The van der Waals surface area contributed by atoms with Crippen molar-refractivity contribution in [3.8, 4) is 11.5 Å². The molecule has 1 aliphatic rings. The molecule has 0 radical (unpaired) electrons. The average molecular weight is 527 g/mol. The van der Waals surface area contributed by atoms with Crippen LogP contribution in [0.5, 0.6) is 11.5 Å². The average Bonchev–Trinajstić information content (AvgIpc) is 3.27. The number of aromatic nitrogens is 2. The third kappa shape index (κ3) is 7.02. The highest BCUT2D eigenvalue weighted by Gasteiger charge is 2.31. The van der Waals surface area contributed by atoms with Crippen molar-refractivity contribution in [2.45, 2.75) is 44.8 Å². The molecule has 0 saturated carbocycles. The van der Waals surface area contributed by atoms with E-state index >= 15 is 0 Å². The summed E-state index contributed by atoms with van der Waals surface area (Å²) >= 11 is 6.05. The van der Waals surface area contributed by atoms with Crippen molar-refractivity contribution in [2.75, 3.05) is 25.2 Å². The van der Waals surface area contributed by atoms with Crippen LogP contribution in [0.3, 0.4) is 0 Å². The molecule has 0 bridgehead atoms. The maximum absolute atomic E-state index is 13.2. The van der Waals surface area contributed by atoms with Crippen LogP contribution in [0.2, 0.25) is 5.02 Å². The number of benzene rings is 2. The van der Waals surface area contributed by atoms with Gasteiger partial charge in [-0.15, -0.1) is 0 Å². The number of ether oxygens (including phenoxy) is 2. The van der Waals surface area contributed by atoms with E-state index in [-0.39, 0.29) is 12.5 Å². The van der Waals surface area contributed by atoms with Gasteiger partial charge in [0.15, 0.2) is 0 Å². The zero-order valence-corrected chi connectivity index (χ0v) is 21.9. The third-order valence-corrected chi connectivity index (χ3v) is 6.20. The zero-order chi connectivity index (χ0) is 26.6. The lowest BCUT2D eigenvalue weighted by Crippen LogP contribution is -2.50. The van der Waals surface area contributed by atoms with Gasteiger partial charge in [0.2, 0.25) is 0 Å². The SMILES string of the molecule is CN1C(=O)[C@@H](NC(=O)n2cc(Cc3cccc(Cl)c3)cn2)COc2ccc(OCCCC(C)(C)O)cc21. The molecule has 37 heavy (non-hydrogen) atoms. The van der Waals surface area contributed by atoms with E-state index in [2.05, 4.69) is 10.4 Å². The lowest BCUT2D eigenvalue weighted by Gasteiger charge is -2.21. The van der Waals surface area contributed by atoms with Crippen LogP contribution < -0.4 is 19.7 Å². The van der Waals surface area contributed by atoms with Gasteiger partial charge in [0.25, 0.3) is 5.91 Å².